The fraction of sp³-hybridized carbons (Fsp3) is 1.00. The third-order valence-corrected chi connectivity index (χ3v) is 3.06. The van der Waals surface area contributed by atoms with E-state index in [1.807, 2.05) is 0 Å². The molecule has 0 radical (unpaired) electrons. The van der Waals surface area contributed by atoms with Crippen molar-refractivity contribution >= 4 is 0 Å². The average molecular weight is 140 g/mol. The SMILES string of the molecule is C1OC1[C@@H]1CC[C@H]1C1CO1. The van der Waals surface area contributed by atoms with Gasteiger partial charge in [-0.2, -0.15) is 0 Å². The molecule has 0 aromatic carbocycles. The Kier molecular flexibility index (Phi) is 0.968. The van der Waals surface area contributed by atoms with Crippen molar-refractivity contribution in [2.45, 2.75) is 25.0 Å². The molecule has 2 heteroatoms. The molecular weight excluding hydrogens is 128 g/mol. The van der Waals surface area contributed by atoms with E-state index in [0.29, 0.717) is 12.2 Å². The number of ether oxygens (including phenoxy) is 2. The minimum atomic E-state index is 0.628. The second-order valence-corrected chi connectivity index (χ2v) is 3.65. The largest absolute Gasteiger partial charge is 0.373 e. The molecule has 2 heterocycles. The number of hydrogen-bond acceptors (Lipinski definition) is 2. The van der Waals surface area contributed by atoms with E-state index in [0.717, 1.165) is 25.0 Å². The molecule has 3 aliphatic rings. The molecule has 2 aliphatic heterocycles. The first kappa shape index (κ1) is 5.56. The molecule has 0 aromatic rings. The Labute approximate surface area is 60.5 Å². The maximum Gasteiger partial charge on any atom is 0.0841 e. The molecule has 0 aromatic heterocycles. The first-order valence-electron chi connectivity index (χ1n) is 4.18. The molecule has 10 heavy (non-hydrogen) atoms. The highest BCUT2D eigenvalue weighted by Crippen LogP contribution is 2.47. The molecule has 3 rings (SSSR count). The summed E-state index contributed by atoms with van der Waals surface area (Å²) >= 11 is 0. The Hall–Kier alpha value is -0.0800. The van der Waals surface area contributed by atoms with Gasteiger partial charge in [0.15, 0.2) is 0 Å². The van der Waals surface area contributed by atoms with Gasteiger partial charge in [0, 0.05) is 0 Å². The van der Waals surface area contributed by atoms with Crippen LogP contribution in [0.25, 0.3) is 0 Å². The minimum absolute atomic E-state index is 0.628. The van der Waals surface area contributed by atoms with Crippen LogP contribution in [-0.4, -0.2) is 25.4 Å². The highest BCUT2D eigenvalue weighted by Gasteiger charge is 2.50. The van der Waals surface area contributed by atoms with Gasteiger partial charge in [-0.05, 0) is 24.7 Å². The van der Waals surface area contributed by atoms with E-state index < -0.39 is 0 Å². The molecule has 0 amide bonds. The molecular formula is C8H12O2. The van der Waals surface area contributed by atoms with Crippen LogP contribution in [0.1, 0.15) is 12.8 Å². The van der Waals surface area contributed by atoms with Gasteiger partial charge in [0.05, 0.1) is 25.4 Å². The van der Waals surface area contributed by atoms with Crippen LogP contribution < -0.4 is 0 Å². The molecule has 2 nitrogen and oxygen atoms in total. The van der Waals surface area contributed by atoms with Crippen molar-refractivity contribution in [2.24, 2.45) is 11.8 Å². The summed E-state index contributed by atoms with van der Waals surface area (Å²) in [5.41, 5.74) is 0. The lowest BCUT2D eigenvalue weighted by Gasteiger charge is -2.34. The van der Waals surface area contributed by atoms with E-state index in [-0.39, 0.29) is 0 Å². The molecule has 2 saturated heterocycles. The molecule has 1 aliphatic carbocycles. The summed E-state index contributed by atoms with van der Waals surface area (Å²) in [6.45, 7) is 2.04. The molecule has 0 bridgehead atoms. The molecule has 4 atom stereocenters. The first-order chi connectivity index (χ1) is 4.95. The third-order valence-electron chi connectivity index (χ3n) is 3.06. The van der Waals surface area contributed by atoms with Gasteiger partial charge in [-0.1, -0.05) is 0 Å². The fourth-order valence-electron chi connectivity index (χ4n) is 2.08. The van der Waals surface area contributed by atoms with Gasteiger partial charge < -0.3 is 9.47 Å². The van der Waals surface area contributed by atoms with E-state index in [1.165, 1.54) is 12.8 Å². The molecule has 3 fully saturated rings. The summed E-state index contributed by atoms with van der Waals surface area (Å²) in [4.78, 5) is 0. The smallest absolute Gasteiger partial charge is 0.0841 e. The second-order valence-electron chi connectivity index (χ2n) is 3.65. The van der Waals surface area contributed by atoms with Crippen LogP contribution in [0.2, 0.25) is 0 Å². The first-order valence-corrected chi connectivity index (χ1v) is 4.18. The van der Waals surface area contributed by atoms with Crippen LogP contribution in [0, 0.1) is 11.8 Å². The maximum atomic E-state index is 5.27. The van der Waals surface area contributed by atoms with Gasteiger partial charge in [-0.15, -0.1) is 0 Å². The molecule has 0 spiro atoms. The van der Waals surface area contributed by atoms with Gasteiger partial charge in [0.2, 0.25) is 0 Å². The number of hydrogen-bond donors (Lipinski definition) is 0. The molecule has 0 N–H and O–H groups in total. The monoisotopic (exact) mass is 140 g/mol. The average Bonchev–Trinajstić information content (AvgIpc) is 2.50. The van der Waals surface area contributed by atoms with Gasteiger partial charge in [0.25, 0.3) is 0 Å². The lowest BCUT2D eigenvalue weighted by molar-refractivity contribution is 0.102. The van der Waals surface area contributed by atoms with Crippen molar-refractivity contribution in [3.05, 3.63) is 0 Å². The normalized spacial score (nSPS) is 57.6. The van der Waals surface area contributed by atoms with Crippen molar-refractivity contribution in [3.8, 4) is 0 Å². The van der Waals surface area contributed by atoms with Crippen molar-refractivity contribution < 1.29 is 9.47 Å². The number of rotatable bonds is 2. The van der Waals surface area contributed by atoms with E-state index >= 15 is 0 Å². The Morgan fingerprint density at radius 2 is 1.20 bits per heavy atom. The van der Waals surface area contributed by atoms with Crippen molar-refractivity contribution in [1.82, 2.24) is 0 Å². The highest BCUT2D eigenvalue weighted by atomic mass is 16.6. The van der Waals surface area contributed by atoms with Gasteiger partial charge in [-0.25, -0.2) is 0 Å². The van der Waals surface area contributed by atoms with Crippen LogP contribution in [-0.2, 0) is 9.47 Å². The van der Waals surface area contributed by atoms with Crippen LogP contribution >= 0.6 is 0 Å². The summed E-state index contributed by atoms with van der Waals surface area (Å²) in [5, 5.41) is 0. The quantitative estimate of drug-likeness (QED) is 0.530. The third kappa shape index (κ3) is 0.722. The Morgan fingerprint density at radius 1 is 0.800 bits per heavy atom. The fourth-order valence-corrected chi connectivity index (χ4v) is 2.08. The summed E-state index contributed by atoms with van der Waals surface area (Å²) in [5.74, 6) is 1.74. The maximum absolute atomic E-state index is 5.27. The standard InChI is InChI=1S/C8H12O2/c1-2-6(8-4-10-8)5(1)7-3-9-7/h5-8H,1-4H2/t5-,6-,7?,8?/m1/s1. The predicted octanol–water partition coefficient (Wildman–Crippen LogP) is 0.810. The zero-order valence-corrected chi connectivity index (χ0v) is 5.95. The van der Waals surface area contributed by atoms with Crippen molar-refractivity contribution in [2.75, 3.05) is 13.2 Å². The highest BCUT2D eigenvalue weighted by molar-refractivity contribution is 4.97. The van der Waals surface area contributed by atoms with Gasteiger partial charge in [0.1, 0.15) is 0 Å². The summed E-state index contributed by atoms with van der Waals surface area (Å²) in [6, 6.07) is 0. The Balaban J connectivity index is 1.64. The van der Waals surface area contributed by atoms with E-state index in [2.05, 4.69) is 0 Å². The van der Waals surface area contributed by atoms with Crippen LogP contribution in [0.4, 0.5) is 0 Å². The van der Waals surface area contributed by atoms with Crippen LogP contribution in [0.5, 0.6) is 0 Å². The van der Waals surface area contributed by atoms with Crippen molar-refractivity contribution in [3.63, 3.8) is 0 Å². The summed E-state index contributed by atoms with van der Waals surface area (Å²) < 4.78 is 10.5. The summed E-state index contributed by atoms with van der Waals surface area (Å²) in [7, 11) is 0. The molecule has 1 saturated carbocycles. The topological polar surface area (TPSA) is 25.1 Å². The zero-order chi connectivity index (χ0) is 6.55. The lowest BCUT2D eigenvalue weighted by Crippen LogP contribution is -2.34. The van der Waals surface area contributed by atoms with Gasteiger partial charge in [-0.3, -0.25) is 0 Å². The molecule has 56 valence electrons. The zero-order valence-electron chi connectivity index (χ0n) is 5.95. The van der Waals surface area contributed by atoms with E-state index in [9.17, 15) is 0 Å². The minimum Gasteiger partial charge on any atom is -0.373 e. The predicted molar refractivity (Wildman–Crippen MR) is 35.7 cm³/mol. The second kappa shape index (κ2) is 1.74. The lowest BCUT2D eigenvalue weighted by atomic mass is 9.70. The van der Waals surface area contributed by atoms with E-state index in [1.54, 1.807) is 0 Å². The van der Waals surface area contributed by atoms with Crippen molar-refractivity contribution in [1.29, 1.82) is 0 Å². The van der Waals surface area contributed by atoms with Gasteiger partial charge >= 0.3 is 0 Å². The summed E-state index contributed by atoms with van der Waals surface area (Å²) in [6.07, 6.45) is 4.02. The number of epoxide rings is 2. The van der Waals surface area contributed by atoms with Crippen LogP contribution in [0.3, 0.4) is 0 Å². The van der Waals surface area contributed by atoms with E-state index in [4.69, 9.17) is 9.47 Å². The van der Waals surface area contributed by atoms with Crippen LogP contribution in [0.15, 0.2) is 0 Å². The Morgan fingerprint density at radius 3 is 1.40 bits per heavy atom. The molecule has 2 unspecified atom stereocenters. The Bertz CT molecular complexity index is 131.